The lowest BCUT2D eigenvalue weighted by atomic mass is 10.2. The van der Waals surface area contributed by atoms with Crippen molar-refractivity contribution in [3.63, 3.8) is 0 Å². The first-order chi connectivity index (χ1) is 8.24. The predicted molar refractivity (Wildman–Crippen MR) is 55.0 cm³/mol. The van der Waals surface area contributed by atoms with Crippen molar-refractivity contribution >= 4 is 23.6 Å². The highest BCUT2D eigenvalue weighted by Gasteiger charge is 2.31. The molecule has 1 aromatic rings. The Morgan fingerprint density at radius 1 is 1.44 bits per heavy atom. The van der Waals surface area contributed by atoms with Crippen LogP contribution in [0.2, 0.25) is 5.02 Å². The molecule has 0 aliphatic carbocycles. The van der Waals surface area contributed by atoms with Gasteiger partial charge >= 0.3 is 11.9 Å². The lowest BCUT2D eigenvalue weighted by Crippen LogP contribution is -2.20. The molecular formula is C9H5ClF3NO4. The van der Waals surface area contributed by atoms with Crippen LogP contribution in [0.1, 0.15) is 10.4 Å². The molecule has 0 heterocycles. The van der Waals surface area contributed by atoms with Crippen molar-refractivity contribution in [3.05, 3.63) is 32.8 Å². The van der Waals surface area contributed by atoms with E-state index < -0.39 is 34.7 Å². The van der Waals surface area contributed by atoms with Gasteiger partial charge in [0.25, 0.3) is 0 Å². The first-order valence-corrected chi connectivity index (χ1v) is 4.75. The third-order valence-corrected chi connectivity index (χ3v) is 1.98. The second-order valence-electron chi connectivity index (χ2n) is 3.12. The van der Waals surface area contributed by atoms with E-state index in [-0.39, 0.29) is 11.3 Å². The number of nitrogens with zero attached hydrogens (tertiary/aromatic N) is 1. The van der Waals surface area contributed by atoms with Gasteiger partial charge in [-0.25, -0.2) is 0 Å². The van der Waals surface area contributed by atoms with E-state index in [1.807, 2.05) is 0 Å². The van der Waals surface area contributed by atoms with Gasteiger partial charge in [-0.15, -0.1) is 0 Å². The van der Waals surface area contributed by atoms with Gasteiger partial charge in [-0.3, -0.25) is 14.9 Å². The summed E-state index contributed by atoms with van der Waals surface area (Å²) >= 11 is 5.49. The van der Waals surface area contributed by atoms with Crippen molar-refractivity contribution in [1.82, 2.24) is 0 Å². The van der Waals surface area contributed by atoms with E-state index in [4.69, 9.17) is 11.6 Å². The second kappa shape index (κ2) is 5.21. The maximum Gasteiger partial charge on any atom is 0.422 e. The Kier molecular flexibility index (Phi) is 4.12. The Morgan fingerprint density at radius 3 is 2.50 bits per heavy atom. The van der Waals surface area contributed by atoms with Crippen LogP contribution in [0.5, 0.6) is 5.75 Å². The van der Waals surface area contributed by atoms with Crippen LogP contribution in [-0.2, 0) is 0 Å². The zero-order valence-corrected chi connectivity index (χ0v) is 9.29. The lowest BCUT2D eigenvalue weighted by molar-refractivity contribution is -0.386. The number of ether oxygens (including phenoxy) is 1. The van der Waals surface area contributed by atoms with Crippen molar-refractivity contribution < 1.29 is 27.6 Å². The molecule has 0 unspecified atom stereocenters. The monoisotopic (exact) mass is 283 g/mol. The number of nitro groups is 1. The molecule has 98 valence electrons. The van der Waals surface area contributed by atoms with Gasteiger partial charge in [0.05, 0.1) is 10.5 Å². The van der Waals surface area contributed by atoms with Crippen LogP contribution in [0.4, 0.5) is 18.9 Å². The molecule has 0 saturated carbocycles. The largest absolute Gasteiger partial charge is 0.477 e. The SMILES string of the molecule is O=Cc1cc(Cl)cc([N+](=O)[O-])c1OCC(F)(F)F. The summed E-state index contributed by atoms with van der Waals surface area (Å²) in [5.74, 6) is -0.753. The summed E-state index contributed by atoms with van der Waals surface area (Å²) in [5, 5.41) is 10.5. The zero-order chi connectivity index (χ0) is 13.9. The topological polar surface area (TPSA) is 69.4 Å². The van der Waals surface area contributed by atoms with Crippen molar-refractivity contribution in [1.29, 1.82) is 0 Å². The molecule has 0 aliphatic rings. The Hall–Kier alpha value is -1.83. The Bertz CT molecular complexity index is 489. The molecule has 0 N–H and O–H groups in total. The van der Waals surface area contributed by atoms with Gasteiger partial charge in [0.2, 0.25) is 5.75 Å². The minimum Gasteiger partial charge on any atom is -0.477 e. The Morgan fingerprint density at radius 2 is 2.06 bits per heavy atom. The molecule has 0 amide bonds. The molecule has 0 saturated heterocycles. The van der Waals surface area contributed by atoms with Crippen LogP contribution in [0.3, 0.4) is 0 Å². The van der Waals surface area contributed by atoms with Crippen LogP contribution in [-0.4, -0.2) is 24.0 Å². The number of hydrogen-bond donors (Lipinski definition) is 0. The van der Waals surface area contributed by atoms with Gasteiger partial charge < -0.3 is 4.74 Å². The predicted octanol–water partition coefficient (Wildman–Crippen LogP) is 3.00. The first-order valence-electron chi connectivity index (χ1n) is 4.37. The lowest BCUT2D eigenvalue weighted by Gasteiger charge is -2.11. The van der Waals surface area contributed by atoms with Gasteiger partial charge in [0.1, 0.15) is 0 Å². The van der Waals surface area contributed by atoms with E-state index in [9.17, 15) is 28.1 Å². The van der Waals surface area contributed by atoms with Crippen LogP contribution >= 0.6 is 11.6 Å². The molecular weight excluding hydrogens is 279 g/mol. The number of benzene rings is 1. The number of alkyl halides is 3. The van der Waals surface area contributed by atoms with Crippen LogP contribution < -0.4 is 4.74 Å². The number of hydrogen-bond acceptors (Lipinski definition) is 4. The van der Waals surface area contributed by atoms with E-state index in [1.54, 1.807) is 0 Å². The van der Waals surface area contributed by atoms with Crippen molar-refractivity contribution in [2.24, 2.45) is 0 Å². The quantitative estimate of drug-likeness (QED) is 0.484. The molecule has 1 aromatic carbocycles. The number of carbonyl (C=O) groups is 1. The summed E-state index contributed by atoms with van der Waals surface area (Å²) in [6.45, 7) is -1.74. The average Bonchev–Trinajstić information content (AvgIpc) is 2.24. The van der Waals surface area contributed by atoms with Gasteiger partial charge in [0, 0.05) is 11.1 Å². The number of rotatable bonds is 4. The molecule has 0 aromatic heterocycles. The maximum absolute atomic E-state index is 12.0. The fraction of sp³-hybridized carbons (Fsp3) is 0.222. The molecule has 0 atom stereocenters. The fourth-order valence-corrected chi connectivity index (χ4v) is 1.36. The summed E-state index contributed by atoms with van der Waals surface area (Å²) < 4.78 is 40.2. The van der Waals surface area contributed by atoms with Crippen LogP contribution in [0.25, 0.3) is 0 Å². The third-order valence-electron chi connectivity index (χ3n) is 1.77. The van der Waals surface area contributed by atoms with Crippen LogP contribution in [0.15, 0.2) is 12.1 Å². The second-order valence-corrected chi connectivity index (χ2v) is 3.56. The summed E-state index contributed by atoms with van der Waals surface area (Å²) in [6.07, 6.45) is -4.54. The molecule has 18 heavy (non-hydrogen) atoms. The highest BCUT2D eigenvalue weighted by molar-refractivity contribution is 6.31. The molecule has 5 nitrogen and oxygen atoms in total. The number of nitro benzene ring substituents is 1. The highest BCUT2D eigenvalue weighted by Crippen LogP contribution is 2.34. The van der Waals surface area contributed by atoms with Crippen molar-refractivity contribution in [3.8, 4) is 5.75 Å². The minimum absolute atomic E-state index is 0.130. The average molecular weight is 284 g/mol. The summed E-state index contributed by atoms with van der Waals surface area (Å²) in [7, 11) is 0. The highest BCUT2D eigenvalue weighted by atomic mass is 35.5. The van der Waals surface area contributed by atoms with E-state index in [0.717, 1.165) is 12.1 Å². The van der Waals surface area contributed by atoms with Crippen LogP contribution in [0, 0.1) is 10.1 Å². The normalized spacial score (nSPS) is 11.1. The number of aldehydes is 1. The molecule has 0 bridgehead atoms. The summed E-state index contributed by atoms with van der Waals surface area (Å²) in [4.78, 5) is 20.3. The summed E-state index contributed by atoms with van der Waals surface area (Å²) in [5.41, 5.74) is -1.22. The van der Waals surface area contributed by atoms with E-state index in [1.165, 1.54) is 0 Å². The minimum atomic E-state index is -4.67. The van der Waals surface area contributed by atoms with Gasteiger partial charge in [-0.2, -0.15) is 13.2 Å². The third kappa shape index (κ3) is 3.59. The van der Waals surface area contributed by atoms with Crippen molar-refractivity contribution in [2.75, 3.05) is 6.61 Å². The van der Waals surface area contributed by atoms with Gasteiger partial charge in [-0.05, 0) is 6.07 Å². The number of carbonyl (C=O) groups excluding carboxylic acids is 1. The molecule has 9 heteroatoms. The van der Waals surface area contributed by atoms with E-state index >= 15 is 0 Å². The van der Waals surface area contributed by atoms with E-state index in [0.29, 0.717) is 0 Å². The number of halogens is 4. The Labute approximate surface area is 103 Å². The molecule has 0 aliphatic heterocycles. The molecule has 0 fully saturated rings. The van der Waals surface area contributed by atoms with E-state index in [2.05, 4.69) is 4.74 Å². The zero-order valence-electron chi connectivity index (χ0n) is 8.53. The molecule has 0 radical (unpaired) electrons. The molecule has 0 spiro atoms. The standard InChI is InChI=1S/C9H5ClF3NO4/c10-6-1-5(3-15)8(7(2-6)14(16)17)18-4-9(11,12)13/h1-3H,4H2. The van der Waals surface area contributed by atoms with Crippen molar-refractivity contribution in [2.45, 2.75) is 6.18 Å². The smallest absolute Gasteiger partial charge is 0.422 e. The maximum atomic E-state index is 12.0. The Balaban J connectivity index is 3.21. The van der Waals surface area contributed by atoms with Gasteiger partial charge in [-0.1, -0.05) is 11.6 Å². The fourth-order valence-electron chi connectivity index (χ4n) is 1.13. The molecule has 1 rings (SSSR count). The summed E-state index contributed by atoms with van der Waals surface area (Å²) in [6, 6.07) is 1.79. The van der Waals surface area contributed by atoms with Gasteiger partial charge in [0.15, 0.2) is 12.9 Å². The first kappa shape index (κ1) is 14.2.